The van der Waals surface area contributed by atoms with Gasteiger partial charge >= 0.3 is 0 Å². The Balaban J connectivity index is 0.000000224. The van der Waals surface area contributed by atoms with E-state index in [0.29, 0.717) is 11.3 Å². The molecule has 4 nitrogen and oxygen atoms in total. The third-order valence-electron chi connectivity index (χ3n) is 2.98. The van der Waals surface area contributed by atoms with Crippen LogP contribution in [0.25, 0.3) is 0 Å². The van der Waals surface area contributed by atoms with E-state index in [-0.39, 0.29) is 5.78 Å². The molecule has 0 aliphatic heterocycles. The highest BCUT2D eigenvalue weighted by Crippen LogP contribution is 2.21. The number of phenolic OH excluding ortho intramolecular Hbond substituents is 1. The van der Waals surface area contributed by atoms with Crippen molar-refractivity contribution in [2.45, 2.75) is 20.8 Å². The number of ketones is 1. The maximum Gasteiger partial charge on any atom is 0.174 e. The van der Waals surface area contributed by atoms with Gasteiger partial charge in [-0.1, -0.05) is 48.0 Å². The van der Waals surface area contributed by atoms with E-state index in [2.05, 4.69) is 0 Å². The molecule has 2 aromatic rings. The lowest BCUT2D eigenvalue weighted by Crippen LogP contribution is -2.09. The Labute approximate surface area is 133 Å². The summed E-state index contributed by atoms with van der Waals surface area (Å²) >= 11 is -2.30. The fourth-order valence-electron chi connectivity index (χ4n) is 1.99. The second kappa shape index (κ2) is 8.46. The summed E-state index contributed by atoms with van der Waals surface area (Å²) in [6.45, 7) is 5.85. The second-order valence-corrected chi connectivity index (χ2v) is 5.88. The maximum atomic E-state index is 11.1. The summed E-state index contributed by atoms with van der Waals surface area (Å²) in [5.41, 5.74) is 3.55. The predicted octanol–water partition coefficient (Wildman–Crippen LogP) is 3.07. The van der Waals surface area contributed by atoms with Gasteiger partial charge in [-0.15, -0.1) is 0 Å². The number of carbonyl (C=O) groups is 1. The first-order chi connectivity index (χ1) is 10.3. The lowest BCUT2D eigenvalue weighted by molar-refractivity contribution is 0.102. The average Bonchev–Trinajstić information content (AvgIpc) is 2.45. The number of carbonyl (C=O) groups excluding carboxylic acids is 1. The standard InChI is InChI=1S/C9H12O.C8H8O3S/c1-6-4-7(2)9(10)8(3)5-6;9-8(6-12(10)11)7-4-2-1-3-5-7/h4-5,10H,1-3H3;1-5H,6H2,(H,10,11)/p-1. The highest BCUT2D eigenvalue weighted by Gasteiger charge is 2.03. The summed E-state index contributed by atoms with van der Waals surface area (Å²) in [6, 6.07) is 12.3. The van der Waals surface area contributed by atoms with Crippen LogP contribution in [-0.2, 0) is 11.1 Å². The van der Waals surface area contributed by atoms with Crippen LogP contribution in [-0.4, -0.2) is 25.4 Å². The molecule has 5 heteroatoms. The van der Waals surface area contributed by atoms with Gasteiger partial charge in [0.05, 0.1) is 5.75 Å². The van der Waals surface area contributed by atoms with Crippen molar-refractivity contribution in [3.05, 3.63) is 64.7 Å². The molecular formula is C17H19O4S-. The number of rotatable bonds is 3. The molecule has 1 atom stereocenters. The van der Waals surface area contributed by atoms with Gasteiger partial charge in [0.15, 0.2) is 5.78 Å². The third-order valence-corrected chi connectivity index (χ3v) is 3.48. The first-order valence-corrected chi connectivity index (χ1v) is 7.96. The lowest BCUT2D eigenvalue weighted by atomic mass is 10.1. The smallest absolute Gasteiger partial charge is 0.174 e. The van der Waals surface area contributed by atoms with Crippen molar-refractivity contribution in [3.8, 4) is 5.75 Å². The molecule has 0 saturated carbocycles. The fraction of sp³-hybridized carbons (Fsp3) is 0.235. The van der Waals surface area contributed by atoms with Crippen LogP contribution in [0.2, 0.25) is 0 Å². The second-order valence-electron chi connectivity index (χ2n) is 4.98. The van der Waals surface area contributed by atoms with Crippen molar-refractivity contribution in [3.63, 3.8) is 0 Å². The van der Waals surface area contributed by atoms with E-state index in [4.69, 9.17) is 0 Å². The van der Waals surface area contributed by atoms with Crippen molar-refractivity contribution in [1.29, 1.82) is 0 Å². The molecule has 2 aromatic carbocycles. The molecule has 0 amide bonds. The Morgan fingerprint density at radius 1 is 1.09 bits per heavy atom. The molecule has 0 bridgehead atoms. The van der Waals surface area contributed by atoms with Crippen molar-refractivity contribution < 1.29 is 18.7 Å². The number of aryl methyl sites for hydroxylation is 3. The molecule has 0 saturated heterocycles. The molecule has 0 aliphatic carbocycles. The minimum absolute atomic E-state index is 0.371. The predicted molar refractivity (Wildman–Crippen MR) is 86.9 cm³/mol. The van der Waals surface area contributed by atoms with Crippen molar-refractivity contribution >= 4 is 16.9 Å². The minimum Gasteiger partial charge on any atom is -0.772 e. The highest BCUT2D eigenvalue weighted by atomic mass is 32.2. The molecule has 0 fully saturated rings. The Hall–Kier alpha value is -1.98. The molecule has 0 aliphatic rings. The molecule has 0 spiro atoms. The van der Waals surface area contributed by atoms with Gasteiger partial charge in [0, 0.05) is 5.56 Å². The third kappa shape index (κ3) is 5.79. The van der Waals surface area contributed by atoms with Gasteiger partial charge in [-0.2, -0.15) is 0 Å². The van der Waals surface area contributed by atoms with Gasteiger partial charge in [0.2, 0.25) is 0 Å². The summed E-state index contributed by atoms with van der Waals surface area (Å²) in [7, 11) is 0. The summed E-state index contributed by atoms with van der Waals surface area (Å²) in [5, 5.41) is 9.33. The van der Waals surface area contributed by atoms with E-state index in [9.17, 15) is 18.7 Å². The summed E-state index contributed by atoms with van der Waals surface area (Å²) < 4.78 is 20.3. The number of benzene rings is 2. The Morgan fingerprint density at radius 3 is 2.05 bits per heavy atom. The van der Waals surface area contributed by atoms with Crippen LogP contribution in [0.4, 0.5) is 0 Å². The number of hydrogen-bond donors (Lipinski definition) is 1. The lowest BCUT2D eigenvalue weighted by Gasteiger charge is -2.03. The molecule has 2 rings (SSSR count). The largest absolute Gasteiger partial charge is 0.772 e. The van der Waals surface area contributed by atoms with Crippen LogP contribution < -0.4 is 0 Å². The molecule has 0 radical (unpaired) electrons. The van der Waals surface area contributed by atoms with E-state index in [1.165, 1.54) is 5.56 Å². The average molecular weight is 319 g/mol. The van der Waals surface area contributed by atoms with Crippen LogP contribution in [0.1, 0.15) is 27.0 Å². The highest BCUT2D eigenvalue weighted by molar-refractivity contribution is 7.79. The zero-order chi connectivity index (χ0) is 16.7. The van der Waals surface area contributed by atoms with Crippen molar-refractivity contribution in [2.24, 2.45) is 0 Å². The number of hydrogen-bond acceptors (Lipinski definition) is 4. The molecule has 0 aromatic heterocycles. The van der Waals surface area contributed by atoms with Crippen LogP contribution in [0.15, 0.2) is 42.5 Å². The monoisotopic (exact) mass is 319 g/mol. The summed E-state index contributed by atoms with van der Waals surface area (Å²) in [6.07, 6.45) is 0. The molecule has 1 unspecified atom stereocenters. The van der Waals surface area contributed by atoms with Crippen LogP contribution in [0.5, 0.6) is 5.75 Å². The summed E-state index contributed by atoms with van der Waals surface area (Å²) in [5.74, 6) is -0.390. The quantitative estimate of drug-likeness (QED) is 0.696. The number of aromatic hydroxyl groups is 1. The van der Waals surface area contributed by atoms with E-state index >= 15 is 0 Å². The van der Waals surface area contributed by atoms with E-state index in [0.717, 1.165) is 11.1 Å². The van der Waals surface area contributed by atoms with Crippen molar-refractivity contribution in [2.75, 3.05) is 5.75 Å². The topological polar surface area (TPSA) is 77.4 Å². The van der Waals surface area contributed by atoms with Gasteiger partial charge in [-0.3, -0.25) is 9.00 Å². The Morgan fingerprint density at radius 2 is 1.59 bits per heavy atom. The van der Waals surface area contributed by atoms with E-state index in [1.54, 1.807) is 30.3 Å². The van der Waals surface area contributed by atoms with Gasteiger partial charge in [-0.05, 0) is 43.0 Å². The summed E-state index contributed by atoms with van der Waals surface area (Å²) in [4.78, 5) is 11.1. The van der Waals surface area contributed by atoms with Crippen LogP contribution in [0, 0.1) is 20.8 Å². The minimum atomic E-state index is -2.30. The SMILES string of the molecule is Cc1cc(C)c(O)c(C)c1.O=C(CS(=O)[O-])c1ccccc1. The maximum absolute atomic E-state index is 11.1. The fourth-order valence-corrected chi connectivity index (χ4v) is 2.37. The van der Waals surface area contributed by atoms with E-state index < -0.39 is 16.8 Å². The van der Waals surface area contributed by atoms with E-state index in [1.807, 2.05) is 32.9 Å². The van der Waals surface area contributed by atoms with Crippen LogP contribution >= 0.6 is 0 Å². The van der Waals surface area contributed by atoms with Crippen molar-refractivity contribution in [1.82, 2.24) is 0 Å². The zero-order valence-electron chi connectivity index (χ0n) is 12.8. The molecule has 118 valence electrons. The van der Waals surface area contributed by atoms with Gasteiger partial charge in [0.25, 0.3) is 0 Å². The number of phenols is 1. The van der Waals surface area contributed by atoms with Gasteiger partial charge in [0.1, 0.15) is 5.75 Å². The Kier molecular flexibility index (Phi) is 6.95. The molecule has 1 N–H and O–H groups in total. The van der Waals surface area contributed by atoms with Gasteiger partial charge in [-0.25, -0.2) is 0 Å². The van der Waals surface area contributed by atoms with Gasteiger partial charge < -0.3 is 9.66 Å². The molecular weight excluding hydrogens is 300 g/mol. The first-order valence-electron chi connectivity index (χ1n) is 6.72. The Bertz CT molecular complexity index is 643. The molecule has 22 heavy (non-hydrogen) atoms. The van der Waals surface area contributed by atoms with Crippen LogP contribution in [0.3, 0.4) is 0 Å². The normalized spacial score (nSPS) is 11.3. The number of Topliss-reactive ketones (excluding diaryl/α,β-unsaturated/α-hetero) is 1. The first kappa shape index (κ1) is 18.1. The zero-order valence-corrected chi connectivity index (χ0v) is 13.6. The molecule has 0 heterocycles.